The first kappa shape index (κ1) is 26.2. The highest BCUT2D eigenvalue weighted by atomic mass is 16.3. The number of aryl methyl sites for hydroxylation is 1. The Balaban J connectivity index is 0.000000197. The molecule has 0 radical (unpaired) electrons. The van der Waals surface area contributed by atoms with E-state index in [1.54, 1.807) is 10.9 Å². The minimum Gasteiger partial charge on any atom is -0.394 e. The number of aromatic amines is 1. The first-order valence-corrected chi connectivity index (χ1v) is 12.7. The van der Waals surface area contributed by atoms with Gasteiger partial charge in [0.1, 0.15) is 0 Å². The predicted molar refractivity (Wildman–Crippen MR) is 143 cm³/mol. The Morgan fingerprint density at radius 3 is 2.38 bits per heavy atom. The number of aliphatic hydroxyl groups excluding tert-OH is 1. The zero-order valence-electron chi connectivity index (χ0n) is 21.7. The summed E-state index contributed by atoms with van der Waals surface area (Å²) in [5.74, 6) is 0.987. The van der Waals surface area contributed by atoms with Crippen molar-refractivity contribution in [2.24, 2.45) is 13.0 Å². The van der Waals surface area contributed by atoms with Crippen molar-refractivity contribution in [3.05, 3.63) is 61.4 Å². The van der Waals surface area contributed by atoms with Gasteiger partial charge >= 0.3 is 0 Å². The Kier molecular flexibility index (Phi) is 8.45. The van der Waals surface area contributed by atoms with Crippen LogP contribution in [0.25, 0.3) is 33.6 Å². The van der Waals surface area contributed by atoms with Crippen LogP contribution in [0.2, 0.25) is 0 Å². The summed E-state index contributed by atoms with van der Waals surface area (Å²) in [4.78, 5) is 20.7. The number of aliphatic hydroxyl groups is 1. The van der Waals surface area contributed by atoms with Gasteiger partial charge in [0.25, 0.3) is 0 Å². The quantitative estimate of drug-likeness (QED) is 0.360. The van der Waals surface area contributed by atoms with Gasteiger partial charge in [0.2, 0.25) is 5.91 Å². The molecule has 194 valence electrons. The van der Waals surface area contributed by atoms with Crippen LogP contribution in [0.1, 0.15) is 46.0 Å². The van der Waals surface area contributed by atoms with E-state index in [-0.39, 0.29) is 18.4 Å². The molecule has 37 heavy (non-hydrogen) atoms. The van der Waals surface area contributed by atoms with Crippen LogP contribution in [0.3, 0.4) is 0 Å². The highest BCUT2D eigenvalue weighted by molar-refractivity contribution is 5.79. The first-order valence-electron chi connectivity index (χ1n) is 12.7. The SMILES string of the molecule is CC(C)(CO)NC(=O)C1CCCCC1.Cn1cc(-c2cccc(-c3ncc(-c4cn[nH]c4)cn3)c2)cn1. The van der Waals surface area contributed by atoms with E-state index in [1.165, 1.54) is 6.42 Å². The standard InChI is InChI=1S/C17H14N6.C11H21NO2/c1-23-11-16(10-22-23)12-3-2-4-13(5-12)17-18-6-14(7-19-17)15-8-20-21-9-15;1-11(2,8-13)12-10(14)9-6-4-3-5-7-9/h2-11H,1H3,(H,20,21);9,13H,3-8H2,1-2H3,(H,12,14). The molecule has 9 nitrogen and oxygen atoms in total. The number of amides is 1. The summed E-state index contributed by atoms with van der Waals surface area (Å²) in [6, 6.07) is 8.14. The van der Waals surface area contributed by atoms with Gasteiger partial charge in [0, 0.05) is 60.0 Å². The van der Waals surface area contributed by atoms with Crippen molar-refractivity contribution in [2.75, 3.05) is 6.61 Å². The minimum absolute atomic E-state index is 0.00847. The second kappa shape index (κ2) is 11.9. The monoisotopic (exact) mass is 501 g/mol. The number of carbonyl (C=O) groups is 1. The molecule has 0 spiro atoms. The number of hydrogen-bond acceptors (Lipinski definition) is 6. The van der Waals surface area contributed by atoms with Crippen LogP contribution >= 0.6 is 0 Å². The number of aromatic nitrogens is 6. The normalized spacial score (nSPS) is 14.1. The predicted octanol–water partition coefficient (Wildman–Crippen LogP) is 4.39. The van der Waals surface area contributed by atoms with Gasteiger partial charge in [-0.1, -0.05) is 37.5 Å². The summed E-state index contributed by atoms with van der Waals surface area (Å²) in [7, 11) is 1.91. The van der Waals surface area contributed by atoms with Crippen molar-refractivity contribution in [2.45, 2.75) is 51.5 Å². The molecule has 1 aliphatic carbocycles. The Bertz CT molecular complexity index is 1270. The Labute approximate surface area is 217 Å². The van der Waals surface area contributed by atoms with Gasteiger partial charge in [-0.3, -0.25) is 14.6 Å². The molecule has 0 atom stereocenters. The van der Waals surface area contributed by atoms with E-state index in [0.29, 0.717) is 5.82 Å². The van der Waals surface area contributed by atoms with E-state index in [1.807, 2.05) is 64.0 Å². The molecule has 0 saturated heterocycles. The highest BCUT2D eigenvalue weighted by Crippen LogP contribution is 2.25. The third-order valence-electron chi connectivity index (χ3n) is 6.48. The summed E-state index contributed by atoms with van der Waals surface area (Å²) < 4.78 is 1.79. The lowest BCUT2D eigenvalue weighted by molar-refractivity contribution is -0.128. The average Bonchev–Trinajstić information content (AvgIpc) is 3.62. The van der Waals surface area contributed by atoms with Crippen molar-refractivity contribution in [3.8, 4) is 33.6 Å². The molecule has 3 heterocycles. The largest absolute Gasteiger partial charge is 0.394 e. The molecular weight excluding hydrogens is 466 g/mol. The second-order valence-electron chi connectivity index (χ2n) is 10.1. The van der Waals surface area contributed by atoms with Gasteiger partial charge in [0.15, 0.2) is 5.82 Å². The van der Waals surface area contributed by atoms with E-state index in [0.717, 1.165) is 53.5 Å². The first-order chi connectivity index (χ1) is 17.8. The Hall–Kier alpha value is -3.85. The minimum atomic E-state index is -0.478. The maximum atomic E-state index is 11.8. The summed E-state index contributed by atoms with van der Waals surface area (Å²) in [5.41, 5.74) is 4.58. The van der Waals surface area contributed by atoms with Crippen molar-refractivity contribution in [1.82, 2.24) is 35.3 Å². The molecule has 1 fully saturated rings. The number of rotatable bonds is 6. The zero-order chi connectivity index (χ0) is 26.3. The van der Waals surface area contributed by atoms with Gasteiger partial charge < -0.3 is 10.4 Å². The van der Waals surface area contributed by atoms with Crippen LogP contribution in [-0.2, 0) is 11.8 Å². The van der Waals surface area contributed by atoms with Crippen LogP contribution in [0.5, 0.6) is 0 Å². The molecule has 0 aliphatic heterocycles. The number of H-pyrrole nitrogens is 1. The van der Waals surface area contributed by atoms with Crippen LogP contribution in [0, 0.1) is 5.92 Å². The zero-order valence-corrected chi connectivity index (χ0v) is 21.7. The van der Waals surface area contributed by atoms with Crippen LogP contribution in [0.15, 0.2) is 61.4 Å². The summed E-state index contributed by atoms with van der Waals surface area (Å²) in [6.07, 6.45) is 16.6. The number of benzene rings is 1. The third-order valence-corrected chi connectivity index (χ3v) is 6.48. The summed E-state index contributed by atoms with van der Waals surface area (Å²) >= 11 is 0. The molecule has 3 N–H and O–H groups in total. The molecule has 1 saturated carbocycles. The molecule has 0 bridgehead atoms. The molecule has 9 heteroatoms. The Morgan fingerprint density at radius 2 is 1.76 bits per heavy atom. The Morgan fingerprint density at radius 1 is 1.03 bits per heavy atom. The molecule has 0 unspecified atom stereocenters. The van der Waals surface area contributed by atoms with Crippen molar-refractivity contribution >= 4 is 5.91 Å². The molecular formula is C28H35N7O2. The van der Waals surface area contributed by atoms with E-state index in [9.17, 15) is 4.79 Å². The molecule has 1 amide bonds. The molecule has 1 aliphatic rings. The molecule has 3 aromatic heterocycles. The number of carbonyl (C=O) groups excluding carboxylic acids is 1. The smallest absolute Gasteiger partial charge is 0.223 e. The fraction of sp³-hybridized carbons (Fsp3) is 0.393. The fourth-order valence-electron chi connectivity index (χ4n) is 4.28. The van der Waals surface area contributed by atoms with E-state index in [4.69, 9.17) is 5.11 Å². The number of nitrogens with zero attached hydrogens (tertiary/aromatic N) is 5. The fourth-order valence-corrected chi connectivity index (χ4v) is 4.28. The maximum Gasteiger partial charge on any atom is 0.223 e. The molecule has 1 aromatic carbocycles. The van der Waals surface area contributed by atoms with Crippen LogP contribution in [-0.4, -0.2) is 53.1 Å². The average molecular weight is 502 g/mol. The second-order valence-corrected chi connectivity index (χ2v) is 10.1. The van der Waals surface area contributed by atoms with Crippen LogP contribution in [0.4, 0.5) is 0 Å². The van der Waals surface area contributed by atoms with Crippen molar-refractivity contribution in [3.63, 3.8) is 0 Å². The lowest BCUT2D eigenvalue weighted by atomic mass is 9.88. The number of hydrogen-bond donors (Lipinski definition) is 3. The van der Waals surface area contributed by atoms with Gasteiger partial charge in [-0.25, -0.2) is 9.97 Å². The van der Waals surface area contributed by atoms with E-state index in [2.05, 4.69) is 42.7 Å². The van der Waals surface area contributed by atoms with E-state index < -0.39 is 5.54 Å². The molecule has 5 rings (SSSR count). The summed E-state index contributed by atoms with van der Waals surface area (Å²) in [5, 5.41) is 22.9. The van der Waals surface area contributed by atoms with Crippen LogP contribution < -0.4 is 5.32 Å². The van der Waals surface area contributed by atoms with E-state index >= 15 is 0 Å². The lowest BCUT2D eigenvalue weighted by Gasteiger charge is -2.28. The van der Waals surface area contributed by atoms with Crippen molar-refractivity contribution < 1.29 is 9.90 Å². The lowest BCUT2D eigenvalue weighted by Crippen LogP contribution is -2.48. The number of nitrogens with one attached hydrogen (secondary N) is 2. The van der Waals surface area contributed by atoms with Crippen molar-refractivity contribution in [1.29, 1.82) is 0 Å². The van der Waals surface area contributed by atoms with Gasteiger partial charge in [-0.15, -0.1) is 0 Å². The highest BCUT2D eigenvalue weighted by Gasteiger charge is 2.26. The van der Waals surface area contributed by atoms with Gasteiger partial charge in [-0.05, 0) is 38.3 Å². The summed E-state index contributed by atoms with van der Waals surface area (Å²) in [6.45, 7) is 3.67. The van der Waals surface area contributed by atoms with Gasteiger partial charge in [-0.2, -0.15) is 10.2 Å². The maximum absolute atomic E-state index is 11.8. The van der Waals surface area contributed by atoms with Gasteiger partial charge in [0.05, 0.1) is 24.5 Å². The third kappa shape index (κ3) is 7.10. The topological polar surface area (TPSA) is 122 Å². The molecule has 4 aromatic rings.